The summed E-state index contributed by atoms with van der Waals surface area (Å²) in [6, 6.07) is 6.64. The third kappa shape index (κ3) is 3.37. The maximum absolute atomic E-state index is 12.2. The Kier molecular flexibility index (Phi) is 4.21. The molecule has 10 heteroatoms. The van der Waals surface area contributed by atoms with Gasteiger partial charge in [-0.15, -0.1) is 0 Å². The number of sulfonamides is 1. The average Bonchev–Trinajstić information content (AvgIpc) is 2.98. The second kappa shape index (κ2) is 5.91. The van der Waals surface area contributed by atoms with Gasteiger partial charge in [-0.05, 0) is 24.3 Å². The van der Waals surface area contributed by atoms with Gasteiger partial charge in [0.2, 0.25) is 10.0 Å². The first-order valence-electron chi connectivity index (χ1n) is 5.71. The maximum Gasteiger partial charge on any atom is 0.289 e. The maximum atomic E-state index is 12.2. The first-order valence-corrected chi connectivity index (χ1v) is 7.19. The number of nitrogen functional groups attached to an aromatic ring is 1. The zero-order chi connectivity index (χ0) is 15.5. The first kappa shape index (κ1) is 15.0. The summed E-state index contributed by atoms with van der Waals surface area (Å²) >= 11 is 0. The standard InChI is InChI=1S/C11H12N4O5S/c12-14-8-3-4-10(15(16)17)11(6-8)21(18,19)13-7-9-2-1-5-20-9/h1-6,13-14H,7,12H2. The minimum absolute atomic E-state index is 0.118. The van der Waals surface area contributed by atoms with Crippen LogP contribution < -0.4 is 16.0 Å². The van der Waals surface area contributed by atoms with E-state index in [4.69, 9.17) is 10.3 Å². The molecule has 0 saturated heterocycles. The molecule has 0 aliphatic rings. The SMILES string of the molecule is NNc1ccc([N+](=O)[O-])c(S(=O)(=O)NCc2ccco2)c1. The van der Waals surface area contributed by atoms with Crippen molar-refractivity contribution in [3.8, 4) is 0 Å². The van der Waals surface area contributed by atoms with Gasteiger partial charge in [-0.1, -0.05) is 0 Å². The molecule has 112 valence electrons. The Bertz CT molecular complexity index is 742. The van der Waals surface area contributed by atoms with Crippen molar-refractivity contribution in [1.29, 1.82) is 0 Å². The van der Waals surface area contributed by atoms with Crippen LogP contribution in [0.1, 0.15) is 5.76 Å². The molecule has 1 aromatic carbocycles. The van der Waals surface area contributed by atoms with E-state index >= 15 is 0 Å². The zero-order valence-corrected chi connectivity index (χ0v) is 11.5. The number of nitro benzene ring substituents is 1. The molecular formula is C11H12N4O5S. The van der Waals surface area contributed by atoms with Gasteiger partial charge in [0.15, 0.2) is 4.90 Å². The fourth-order valence-electron chi connectivity index (χ4n) is 1.63. The number of rotatable bonds is 6. The second-order valence-corrected chi connectivity index (χ2v) is 5.72. The van der Waals surface area contributed by atoms with Crippen LogP contribution in [0, 0.1) is 10.1 Å². The minimum Gasteiger partial charge on any atom is -0.468 e. The van der Waals surface area contributed by atoms with Crippen molar-refractivity contribution < 1.29 is 17.8 Å². The molecule has 1 aromatic heterocycles. The van der Waals surface area contributed by atoms with Gasteiger partial charge in [0.25, 0.3) is 5.69 Å². The highest BCUT2D eigenvalue weighted by Crippen LogP contribution is 2.26. The van der Waals surface area contributed by atoms with Crippen molar-refractivity contribution in [2.75, 3.05) is 5.43 Å². The van der Waals surface area contributed by atoms with Crippen molar-refractivity contribution in [2.24, 2.45) is 5.84 Å². The van der Waals surface area contributed by atoms with Gasteiger partial charge in [0, 0.05) is 6.07 Å². The predicted molar refractivity (Wildman–Crippen MR) is 73.6 cm³/mol. The molecule has 0 aliphatic heterocycles. The summed E-state index contributed by atoms with van der Waals surface area (Å²) in [6.45, 7) is -0.118. The van der Waals surface area contributed by atoms with E-state index in [1.54, 1.807) is 12.1 Å². The lowest BCUT2D eigenvalue weighted by Crippen LogP contribution is -2.24. The molecule has 0 aliphatic carbocycles. The van der Waals surface area contributed by atoms with E-state index in [0.717, 1.165) is 12.1 Å². The molecule has 0 saturated carbocycles. The monoisotopic (exact) mass is 312 g/mol. The molecule has 0 amide bonds. The Hall–Kier alpha value is -2.43. The van der Waals surface area contributed by atoms with Gasteiger partial charge in [0.05, 0.1) is 23.4 Å². The molecule has 9 nitrogen and oxygen atoms in total. The number of hydrogen-bond donors (Lipinski definition) is 3. The molecule has 2 rings (SSSR count). The molecule has 0 bridgehead atoms. The van der Waals surface area contributed by atoms with Crippen LogP contribution in [-0.4, -0.2) is 13.3 Å². The largest absolute Gasteiger partial charge is 0.468 e. The summed E-state index contributed by atoms with van der Waals surface area (Å²) in [6.07, 6.45) is 1.39. The van der Waals surface area contributed by atoms with E-state index in [9.17, 15) is 18.5 Å². The minimum atomic E-state index is -4.09. The third-order valence-corrected chi connectivity index (χ3v) is 4.06. The average molecular weight is 312 g/mol. The highest BCUT2D eigenvalue weighted by molar-refractivity contribution is 7.89. The molecule has 4 N–H and O–H groups in total. The molecule has 2 aromatic rings. The fourth-order valence-corrected chi connectivity index (χ4v) is 2.81. The summed E-state index contributed by atoms with van der Waals surface area (Å²) < 4.78 is 31.6. The summed E-state index contributed by atoms with van der Waals surface area (Å²) in [5, 5.41) is 10.9. The van der Waals surface area contributed by atoms with Gasteiger partial charge in [-0.2, -0.15) is 0 Å². The lowest BCUT2D eigenvalue weighted by Gasteiger charge is -2.08. The highest BCUT2D eigenvalue weighted by Gasteiger charge is 2.26. The number of hydrazine groups is 1. The molecule has 1 heterocycles. The third-order valence-electron chi connectivity index (χ3n) is 2.63. The number of nitrogens with one attached hydrogen (secondary N) is 2. The predicted octanol–water partition coefficient (Wildman–Crippen LogP) is 0.952. The molecule has 0 radical (unpaired) electrons. The molecule has 0 unspecified atom stereocenters. The molecule has 0 fully saturated rings. The van der Waals surface area contributed by atoms with Crippen molar-refractivity contribution in [2.45, 2.75) is 11.4 Å². The summed E-state index contributed by atoms with van der Waals surface area (Å²) in [5.74, 6) is 5.57. The number of hydrogen-bond acceptors (Lipinski definition) is 7. The normalized spacial score (nSPS) is 11.3. The van der Waals surface area contributed by atoms with Gasteiger partial charge >= 0.3 is 0 Å². The van der Waals surface area contributed by atoms with E-state index in [2.05, 4.69) is 10.1 Å². The molecule has 0 spiro atoms. The first-order chi connectivity index (χ1) is 9.94. The smallest absolute Gasteiger partial charge is 0.289 e. The number of anilines is 1. The zero-order valence-electron chi connectivity index (χ0n) is 10.6. The van der Waals surface area contributed by atoms with Gasteiger partial charge in [-0.3, -0.25) is 16.0 Å². The lowest BCUT2D eigenvalue weighted by atomic mass is 10.3. The lowest BCUT2D eigenvalue weighted by molar-refractivity contribution is -0.387. The van der Waals surface area contributed by atoms with Crippen LogP contribution in [0.15, 0.2) is 45.9 Å². The second-order valence-electron chi connectivity index (χ2n) is 3.99. The Morgan fingerprint density at radius 1 is 1.33 bits per heavy atom. The molecular weight excluding hydrogens is 300 g/mol. The van der Waals surface area contributed by atoms with E-state index in [-0.39, 0.29) is 12.2 Å². The molecule has 21 heavy (non-hydrogen) atoms. The number of benzene rings is 1. The molecule has 0 atom stereocenters. The van der Waals surface area contributed by atoms with Crippen molar-refractivity contribution in [3.05, 3.63) is 52.5 Å². The topological polar surface area (TPSA) is 140 Å². The van der Waals surface area contributed by atoms with Crippen molar-refractivity contribution >= 4 is 21.4 Å². The van der Waals surface area contributed by atoms with E-state index in [1.165, 1.54) is 12.3 Å². The Morgan fingerprint density at radius 2 is 2.10 bits per heavy atom. The van der Waals surface area contributed by atoms with E-state index < -0.39 is 25.5 Å². The van der Waals surface area contributed by atoms with Crippen LogP contribution in [-0.2, 0) is 16.6 Å². The van der Waals surface area contributed by atoms with E-state index in [1.807, 2.05) is 0 Å². The number of nitro groups is 1. The summed E-state index contributed by atoms with van der Waals surface area (Å²) in [4.78, 5) is 9.69. The van der Waals surface area contributed by atoms with E-state index in [0.29, 0.717) is 5.76 Å². The fraction of sp³-hybridized carbons (Fsp3) is 0.0909. The van der Waals surface area contributed by atoms with Crippen LogP contribution in [0.5, 0.6) is 0 Å². The van der Waals surface area contributed by atoms with Gasteiger partial charge in [-0.25, -0.2) is 13.1 Å². The van der Waals surface area contributed by atoms with Gasteiger partial charge < -0.3 is 9.84 Å². The van der Waals surface area contributed by atoms with Crippen LogP contribution >= 0.6 is 0 Å². The van der Waals surface area contributed by atoms with Gasteiger partial charge in [0.1, 0.15) is 5.76 Å². The summed E-state index contributed by atoms with van der Waals surface area (Å²) in [7, 11) is -4.09. The number of nitrogens with zero attached hydrogens (tertiary/aromatic N) is 1. The number of furan rings is 1. The quantitative estimate of drug-likeness (QED) is 0.409. The van der Waals surface area contributed by atoms with Crippen LogP contribution in [0.2, 0.25) is 0 Å². The Morgan fingerprint density at radius 3 is 2.67 bits per heavy atom. The van der Waals surface area contributed by atoms with Crippen molar-refractivity contribution in [3.63, 3.8) is 0 Å². The Labute approximate surface area is 119 Å². The summed E-state index contributed by atoms with van der Waals surface area (Å²) in [5.41, 5.74) is 1.94. The van der Waals surface area contributed by atoms with Crippen LogP contribution in [0.4, 0.5) is 11.4 Å². The Balaban J connectivity index is 2.35. The van der Waals surface area contributed by atoms with Crippen molar-refractivity contribution in [1.82, 2.24) is 4.72 Å². The number of nitrogens with two attached hydrogens (primary N) is 1. The highest BCUT2D eigenvalue weighted by atomic mass is 32.2. The van der Waals surface area contributed by atoms with Crippen LogP contribution in [0.3, 0.4) is 0 Å². The van der Waals surface area contributed by atoms with Crippen LogP contribution in [0.25, 0.3) is 0 Å².